The first-order chi connectivity index (χ1) is 13.8. The van der Waals surface area contributed by atoms with Gasteiger partial charge in [-0.15, -0.1) is 11.3 Å². The predicted molar refractivity (Wildman–Crippen MR) is 114 cm³/mol. The average Bonchev–Trinajstić information content (AvgIpc) is 3.37. The average molecular weight is 395 g/mol. The van der Waals surface area contributed by atoms with Crippen LogP contribution in [0, 0.1) is 0 Å². The second kappa shape index (κ2) is 9.17. The van der Waals surface area contributed by atoms with E-state index in [-0.39, 0.29) is 5.91 Å². The lowest BCUT2D eigenvalue weighted by Crippen LogP contribution is -2.35. The van der Waals surface area contributed by atoms with Crippen LogP contribution < -0.4 is 0 Å². The summed E-state index contributed by atoms with van der Waals surface area (Å²) >= 11 is 1.64. The summed E-state index contributed by atoms with van der Waals surface area (Å²) < 4.78 is 0. The number of hydrogen-bond donors (Lipinski definition) is 1. The number of aryl methyl sites for hydroxylation is 1. The SMILES string of the molecule is O=C(c1cc(-c2cccs2)[nH]n1)N1CCCN(CCCc2ccccc2)CC1. The van der Waals surface area contributed by atoms with Gasteiger partial charge in [-0.05, 0) is 55.4 Å². The predicted octanol–water partition coefficient (Wildman–Crippen LogP) is 3.92. The van der Waals surface area contributed by atoms with Crippen molar-refractivity contribution in [1.29, 1.82) is 0 Å². The number of hydrogen-bond acceptors (Lipinski definition) is 4. The monoisotopic (exact) mass is 394 g/mol. The van der Waals surface area contributed by atoms with Crippen molar-refractivity contribution in [3.63, 3.8) is 0 Å². The number of nitrogens with zero attached hydrogens (tertiary/aromatic N) is 3. The Morgan fingerprint density at radius 3 is 2.79 bits per heavy atom. The van der Waals surface area contributed by atoms with Crippen molar-refractivity contribution < 1.29 is 4.79 Å². The molecular formula is C22H26N4OS. The summed E-state index contributed by atoms with van der Waals surface area (Å²) in [5.41, 5.74) is 2.82. The molecule has 0 radical (unpaired) electrons. The molecule has 0 spiro atoms. The highest BCUT2D eigenvalue weighted by Crippen LogP contribution is 2.23. The van der Waals surface area contributed by atoms with Gasteiger partial charge in [0.1, 0.15) is 0 Å². The van der Waals surface area contributed by atoms with Gasteiger partial charge in [-0.2, -0.15) is 5.10 Å². The zero-order valence-corrected chi connectivity index (χ0v) is 16.8. The van der Waals surface area contributed by atoms with Crippen molar-refractivity contribution in [3.8, 4) is 10.6 Å². The molecule has 1 aliphatic rings. The number of carbonyl (C=O) groups excluding carboxylic acids is 1. The fourth-order valence-electron chi connectivity index (χ4n) is 3.70. The molecule has 0 bridgehead atoms. The van der Waals surface area contributed by atoms with E-state index in [1.165, 1.54) is 5.56 Å². The summed E-state index contributed by atoms with van der Waals surface area (Å²) in [5, 5.41) is 9.28. The molecule has 1 amide bonds. The molecule has 1 aliphatic heterocycles. The van der Waals surface area contributed by atoms with Gasteiger partial charge in [0.2, 0.25) is 0 Å². The first-order valence-electron chi connectivity index (χ1n) is 9.94. The van der Waals surface area contributed by atoms with Crippen molar-refractivity contribution in [2.24, 2.45) is 0 Å². The van der Waals surface area contributed by atoms with Crippen molar-refractivity contribution in [2.75, 3.05) is 32.7 Å². The molecule has 0 atom stereocenters. The van der Waals surface area contributed by atoms with E-state index in [1.807, 2.05) is 28.5 Å². The molecule has 0 aliphatic carbocycles. The molecule has 1 saturated heterocycles. The summed E-state index contributed by atoms with van der Waals surface area (Å²) in [7, 11) is 0. The lowest BCUT2D eigenvalue weighted by Gasteiger charge is -2.21. The maximum atomic E-state index is 12.9. The molecule has 3 heterocycles. The standard InChI is InChI=1S/C22H26N4OS/c27-22(20-17-19(23-24-20)21-10-5-16-28-21)26-13-6-12-25(14-15-26)11-4-9-18-7-2-1-3-8-18/h1-3,5,7-8,10,16-17H,4,6,9,11-15H2,(H,23,24). The van der Waals surface area contributed by atoms with E-state index in [1.54, 1.807) is 11.3 Å². The summed E-state index contributed by atoms with van der Waals surface area (Å²) in [5.74, 6) is 0.0326. The minimum Gasteiger partial charge on any atom is -0.336 e. The molecular weight excluding hydrogens is 368 g/mol. The van der Waals surface area contributed by atoms with Gasteiger partial charge in [0.25, 0.3) is 5.91 Å². The number of carbonyl (C=O) groups is 1. The van der Waals surface area contributed by atoms with Gasteiger partial charge in [0.05, 0.1) is 10.6 Å². The van der Waals surface area contributed by atoms with E-state index in [4.69, 9.17) is 0 Å². The van der Waals surface area contributed by atoms with Crippen LogP contribution >= 0.6 is 11.3 Å². The highest BCUT2D eigenvalue weighted by atomic mass is 32.1. The van der Waals surface area contributed by atoms with Crippen LogP contribution in [-0.2, 0) is 6.42 Å². The van der Waals surface area contributed by atoms with Crippen molar-refractivity contribution >= 4 is 17.2 Å². The Kier molecular flexibility index (Phi) is 6.19. The van der Waals surface area contributed by atoms with Gasteiger partial charge < -0.3 is 9.80 Å². The number of nitrogens with one attached hydrogen (secondary N) is 1. The van der Waals surface area contributed by atoms with E-state index >= 15 is 0 Å². The van der Waals surface area contributed by atoms with Crippen LogP contribution in [0.5, 0.6) is 0 Å². The van der Waals surface area contributed by atoms with Crippen molar-refractivity contribution in [3.05, 3.63) is 65.2 Å². The zero-order chi connectivity index (χ0) is 19.2. The molecule has 0 saturated carbocycles. The molecule has 1 N–H and O–H groups in total. The first-order valence-corrected chi connectivity index (χ1v) is 10.8. The third-order valence-electron chi connectivity index (χ3n) is 5.24. The summed E-state index contributed by atoms with van der Waals surface area (Å²) in [6.07, 6.45) is 3.28. The zero-order valence-electron chi connectivity index (χ0n) is 16.0. The van der Waals surface area contributed by atoms with Crippen LogP contribution in [0.1, 0.15) is 28.9 Å². The lowest BCUT2D eigenvalue weighted by molar-refractivity contribution is 0.0755. The van der Waals surface area contributed by atoms with Gasteiger partial charge in [-0.3, -0.25) is 9.89 Å². The van der Waals surface area contributed by atoms with Gasteiger partial charge in [-0.1, -0.05) is 36.4 Å². The topological polar surface area (TPSA) is 52.2 Å². The molecule has 5 nitrogen and oxygen atoms in total. The Morgan fingerprint density at radius 2 is 1.96 bits per heavy atom. The maximum Gasteiger partial charge on any atom is 0.274 e. The smallest absolute Gasteiger partial charge is 0.274 e. The summed E-state index contributed by atoms with van der Waals surface area (Å²) in [6, 6.07) is 16.6. The number of thiophene rings is 1. The molecule has 146 valence electrons. The van der Waals surface area contributed by atoms with Gasteiger partial charge >= 0.3 is 0 Å². The minimum absolute atomic E-state index is 0.0326. The van der Waals surface area contributed by atoms with Crippen LogP contribution in [0.3, 0.4) is 0 Å². The molecule has 28 heavy (non-hydrogen) atoms. The number of amides is 1. The second-order valence-electron chi connectivity index (χ2n) is 7.22. The highest BCUT2D eigenvalue weighted by Gasteiger charge is 2.22. The van der Waals surface area contributed by atoms with E-state index in [0.717, 1.165) is 62.6 Å². The Morgan fingerprint density at radius 1 is 1.07 bits per heavy atom. The molecule has 4 rings (SSSR count). The fraction of sp³-hybridized carbons (Fsp3) is 0.364. The highest BCUT2D eigenvalue weighted by molar-refractivity contribution is 7.13. The molecule has 1 fully saturated rings. The lowest BCUT2D eigenvalue weighted by atomic mass is 10.1. The van der Waals surface area contributed by atoms with Crippen LogP contribution in [0.25, 0.3) is 10.6 Å². The Bertz CT molecular complexity index is 875. The molecule has 0 unspecified atom stereocenters. The van der Waals surface area contributed by atoms with E-state index in [0.29, 0.717) is 5.69 Å². The van der Waals surface area contributed by atoms with E-state index in [2.05, 4.69) is 45.4 Å². The minimum atomic E-state index is 0.0326. The second-order valence-corrected chi connectivity index (χ2v) is 8.17. The fourth-order valence-corrected chi connectivity index (χ4v) is 4.39. The third-order valence-corrected chi connectivity index (χ3v) is 6.15. The largest absolute Gasteiger partial charge is 0.336 e. The Hall–Kier alpha value is -2.44. The third kappa shape index (κ3) is 4.69. The van der Waals surface area contributed by atoms with Crippen molar-refractivity contribution in [1.82, 2.24) is 20.0 Å². The molecule has 1 aromatic carbocycles. The first kappa shape index (κ1) is 18.9. The van der Waals surface area contributed by atoms with Crippen LogP contribution in [0.15, 0.2) is 53.9 Å². The summed E-state index contributed by atoms with van der Waals surface area (Å²) in [6.45, 7) is 4.64. The Balaban J connectivity index is 1.28. The molecule has 6 heteroatoms. The maximum absolute atomic E-state index is 12.9. The van der Waals surface area contributed by atoms with Gasteiger partial charge in [-0.25, -0.2) is 0 Å². The van der Waals surface area contributed by atoms with E-state index in [9.17, 15) is 4.79 Å². The van der Waals surface area contributed by atoms with E-state index < -0.39 is 0 Å². The number of rotatable bonds is 6. The normalized spacial score (nSPS) is 15.5. The van der Waals surface area contributed by atoms with Crippen LogP contribution in [0.2, 0.25) is 0 Å². The van der Waals surface area contributed by atoms with Crippen molar-refractivity contribution in [2.45, 2.75) is 19.3 Å². The Labute approximate surface area is 170 Å². The quantitative estimate of drug-likeness (QED) is 0.689. The molecule has 3 aromatic rings. The van der Waals surface area contributed by atoms with Crippen LogP contribution in [0.4, 0.5) is 0 Å². The number of aromatic amines is 1. The van der Waals surface area contributed by atoms with Crippen LogP contribution in [-0.4, -0.2) is 58.6 Å². The molecule has 2 aromatic heterocycles. The number of benzene rings is 1. The number of H-pyrrole nitrogens is 1. The van der Waals surface area contributed by atoms with Gasteiger partial charge in [0.15, 0.2) is 5.69 Å². The van der Waals surface area contributed by atoms with Gasteiger partial charge in [0, 0.05) is 19.6 Å². The number of aromatic nitrogens is 2. The summed E-state index contributed by atoms with van der Waals surface area (Å²) in [4.78, 5) is 18.4.